The average Bonchev–Trinajstić information content (AvgIpc) is 2.46. The number of aromatic nitrogens is 1. The molecule has 0 atom stereocenters. The average molecular weight is 260 g/mol. The molecule has 0 aliphatic heterocycles. The van der Waals surface area contributed by atoms with E-state index in [1.54, 1.807) is 26.4 Å². The normalized spacial score (nSPS) is 10.0. The number of benzene rings is 1. The Morgan fingerprint density at radius 2 is 2.00 bits per heavy atom. The van der Waals surface area contributed by atoms with Crippen molar-refractivity contribution in [3.05, 3.63) is 42.2 Å². The summed E-state index contributed by atoms with van der Waals surface area (Å²) in [5.41, 5.74) is 1.69. The summed E-state index contributed by atoms with van der Waals surface area (Å²) in [7, 11) is 3.22. The lowest BCUT2D eigenvalue weighted by Gasteiger charge is -2.12. The highest BCUT2D eigenvalue weighted by Gasteiger charge is 2.05. The Bertz CT molecular complexity index is 541. The Morgan fingerprint density at radius 3 is 2.63 bits per heavy atom. The quantitative estimate of drug-likeness (QED) is 0.864. The predicted molar refractivity (Wildman–Crippen MR) is 72.8 cm³/mol. The zero-order chi connectivity index (χ0) is 13.7. The minimum Gasteiger partial charge on any atom is -0.506 e. The molecule has 0 amide bonds. The number of ether oxygens (including phenoxy) is 2. The molecule has 0 spiro atoms. The Labute approximate surface area is 111 Å². The van der Waals surface area contributed by atoms with Gasteiger partial charge in [0.2, 0.25) is 0 Å². The van der Waals surface area contributed by atoms with E-state index < -0.39 is 0 Å². The zero-order valence-corrected chi connectivity index (χ0v) is 10.9. The molecule has 19 heavy (non-hydrogen) atoms. The van der Waals surface area contributed by atoms with Crippen LogP contribution in [0.3, 0.4) is 0 Å². The molecule has 2 aromatic rings. The van der Waals surface area contributed by atoms with Crippen LogP contribution in [0.1, 0.15) is 5.69 Å². The first kappa shape index (κ1) is 13.0. The number of nitrogens with zero attached hydrogens (tertiary/aromatic N) is 1. The van der Waals surface area contributed by atoms with Crippen LogP contribution in [0.4, 0.5) is 5.69 Å². The van der Waals surface area contributed by atoms with E-state index >= 15 is 0 Å². The fourth-order valence-electron chi connectivity index (χ4n) is 1.65. The number of nitrogens with one attached hydrogen (secondary N) is 1. The van der Waals surface area contributed by atoms with E-state index in [0.29, 0.717) is 12.3 Å². The van der Waals surface area contributed by atoms with Gasteiger partial charge >= 0.3 is 0 Å². The van der Waals surface area contributed by atoms with Crippen molar-refractivity contribution in [1.29, 1.82) is 0 Å². The van der Waals surface area contributed by atoms with Gasteiger partial charge in [0.1, 0.15) is 17.2 Å². The molecule has 0 unspecified atom stereocenters. The van der Waals surface area contributed by atoms with Crippen molar-refractivity contribution >= 4 is 5.69 Å². The third-order valence-electron chi connectivity index (χ3n) is 2.68. The molecule has 1 aromatic heterocycles. The molecule has 0 saturated carbocycles. The van der Waals surface area contributed by atoms with Crippen LogP contribution in [0.2, 0.25) is 0 Å². The minimum absolute atomic E-state index is 0.158. The van der Waals surface area contributed by atoms with Gasteiger partial charge in [-0.3, -0.25) is 4.98 Å². The van der Waals surface area contributed by atoms with E-state index in [1.807, 2.05) is 18.2 Å². The van der Waals surface area contributed by atoms with Crippen LogP contribution in [-0.4, -0.2) is 24.3 Å². The maximum Gasteiger partial charge on any atom is 0.145 e. The molecule has 2 N–H and O–H groups in total. The van der Waals surface area contributed by atoms with Crippen LogP contribution in [-0.2, 0) is 6.54 Å². The number of aromatic hydroxyl groups is 1. The maximum absolute atomic E-state index is 9.16. The van der Waals surface area contributed by atoms with Gasteiger partial charge in [0, 0.05) is 6.07 Å². The molecular weight excluding hydrogens is 244 g/mol. The first-order chi connectivity index (χ1) is 9.22. The van der Waals surface area contributed by atoms with Gasteiger partial charge in [0.25, 0.3) is 0 Å². The van der Waals surface area contributed by atoms with Crippen LogP contribution in [0, 0.1) is 0 Å². The smallest absolute Gasteiger partial charge is 0.145 e. The second-order valence-electron chi connectivity index (χ2n) is 3.93. The first-order valence-electron chi connectivity index (χ1n) is 5.82. The molecule has 0 bridgehead atoms. The minimum atomic E-state index is 0.158. The SMILES string of the molecule is COc1ccc(NCc2ccc(O)cn2)c(OC)c1. The van der Waals surface area contributed by atoms with Crippen LogP contribution in [0.25, 0.3) is 0 Å². The Morgan fingerprint density at radius 1 is 1.16 bits per heavy atom. The fourth-order valence-corrected chi connectivity index (χ4v) is 1.65. The van der Waals surface area contributed by atoms with Gasteiger partial charge in [-0.25, -0.2) is 0 Å². The summed E-state index contributed by atoms with van der Waals surface area (Å²) in [6.45, 7) is 0.545. The third-order valence-corrected chi connectivity index (χ3v) is 2.68. The van der Waals surface area contributed by atoms with Crippen molar-refractivity contribution in [3.8, 4) is 17.2 Å². The fraction of sp³-hybridized carbons (Fsp3) is 0.214. The summed E-state index contributed by atoms with van der Waals surface area (Å²) in [6.07, 6.45) is 1.42. The van der Waals surface area contributed by atoms with Gasteiger partial charge in [-0.15, -0.1) is 0 Å². The standard InChI is InChI=1S/C14H16N2O3/c1-18-12-5-6-13(14(7-12)19-2)16-8-10-3-4-11(17)9-15-10/h3-7,9,16-17H,8H2,1-2H3. The molecule has 100 valence electrons. The number of rotatable bonds is 5. The molecule has 0 fully saturated rings. The molecule has 5 heteroatoms. The summed E-state index contributed by atoms with van der Waals surface area (Å²) in [4.78, 5) is 4.10. The van der Waals surface area contributed by atoms with Gasteiger partial charge in [0.05, 0.1) is 38.3 Å². The monoisotopic (exact) mass is 260 g/mol. The van der Waals surface area contributed by atoms with Crippen molar-refractivity contribution in [2.45, 2.75) is 6.54 Å². The maximum atomic E-state index is 9.16. The molecule has 0 saturated heterocycles. The molecule has 0 aliphatic rings. The van der Waals surface area contributed by atoms with Crippen LogP contribution >= 0.6 is 0 Å². The van der Waals surface area contributed by atoms with Gasteiger partial charge in [-0.1, -0.05) is 0 Å². The molecular formula is C14H16N2O3. The highest BCUT2D eigenvalue weighted by Crippen LogP contribution is 2.29. The lowest BCUT2D eigenvalue weighted by atomic mass is 10.2. The van der Waals surface area contributed by atoms with Crippen molar-refractivity contribution in [1.82, 2.24) is 4.98 Å². The largest absolute Gasteiger partial charge is 0.506 e. The van der Waals surface area contributed by atoms with E-state index in [9.17, 15) is 0 Å². The van der Waals surface area contributed by atoms with Crippen molar-refractivity contribution in [3.63, 3.8) is 0 Å². The van der Waals surface area contributed by atoms with Crippen LogP contribution in [0.5, 0.6) is 17.2 Å². The van der Waals surface area contributed by atoms with Crippen molar-refractivity contribution in [2.75, 3.05) is 19.5 Å². The molecule has 1 aromatic carbocycles. The second kappa shape index (κ2) is 5.95. The Kier molecular flexibility index (Phi) is 4.07. The van der Waals surface area contributed by atoms with Crippen molar-refractivity contribution in [2.24, 2.45) is 0 Å². The van der Waals surface area contributed by atoms with E-state index in [-0.39, 0.29) is 5.75 Å². The number of hydrogen-bond acceptors (Lipinski definition) is 5. The van der Waals surface area contributed by atoms with Gasteiger partial charge in [-0.2, -0.15) is 0 Å². The number of anilines is 1. The highest BCUT2D eigenvalue weighted by atomic mass is 16.5. The predicted octanol–water partition coefficient (Wildman–Crippen LogP) is 2.42. The van der Waals surface area contributed by atoms with E-state index in [0.717, 1.165) is 17.1 Å². The van der Waals surface area contributed by atoms with Gasteiger partial charge < -0.3 is 19.9 Å². The molecule has 0 aliphatic carbocycles. The van der Waals surface area contributed by atoms with E-state index in [1.165, 1.54) is 6.20 Å². The third kappa shape index (κ3) is 3.28. The van der Waals surface area contributed by atoms with Crippen molar-refractivity contribution < 1.29 is 14.6 Å². The lowest BCUT2D eigenvalue weighted by molar-refractivity contribution is 0.395. The zero-order valence-electron chi connectivity index (χ0n) is 10.9. The summed E-state index contributed by atoms with van der Waals surface area (Å²) in [5, 5.41) is 12.4. The first-order valence-corrected chi connectivity index (χ1v) is 5.82. The molecule has 2 rings (SSSR count). The molecule has 1 heterocycles. The number of pyridine rings is 1. The summed E-state index contributed by atoms with van der Waals surface area (Å²) in [5.74, 6) is 1.61. The van der Waals surface area contributed by atoms with Gasteiger partial charge in [-0.05, 0) is 24.3 Å². The van der Waals surface area contributed by atoms with Crippen LogP contribution in [0.15, 0.2) is 36.5 Å². The Hall–Kier alpha value is -2.43. The second-order valence-corrected chi connectivity index (χ2v) is 3.93. The van der Waals surface area contributed by atoms with Gasteiger partial charge in [0.15, 0.2) is 0 Å². The molecule has 5 nitrogen and oxygen atoms in total. The summed E-state index contributed by atoms with van der Waals surface area (Å²) in [6, 6.07) is 8.92. The van der Waals surface area contributed by atoms with E-state index in [4.69, 9.17) is 14.6 Å². The number of methoxy groups -OCH3 is 2. The number of hydrogen-bond donors (Lipinski definition) is 2. The summed E-state index contributed by atoms with van der Waals surface area (Å²) >= 11 is 0. The Balaban J connectivity index is 2.08. The lowest BCUT2D eigenvalue weighted by Crippen LogP contribution is -2.03. The van der Waals surface area contributed by atoms with Crippen LogP contribution < -0.4 is 14.8 Å². The topological polar surface area (TPSA) is 63.6 Å². The summed E-state index contributed by atoms with van der Waals surface area (Å²) < 4.78 is 10.4. The highest BCUT2D eigenvalue weighted by molar-refractivity contribution is 5.59. The van der Waals surface area contributed by atoms with E-state index in [2.05, 4.69) is 10.3 Å². The molecule has 0 radical (unpaired) electrons.